The summed E-state index contributed by atoms with van der Waals surface area (Å²) in [6.07, 6.45) is 1.53. The Balaban J connectivity index is 1.70. The first-order valence-electron chi connectivity index (χ1n) is 9.23. The molecule has 0 aliphatic rings. The van der Waals surface area contributed by atoms with Gasteiger partial charge < -0.3 is 14.2 Å². The van der Waals surface area contributed by atoms with Crippen molar-refractivity contribution in [1.29, 1.82) is 0 Å². The molecule has 31 heavy (non-hydrogen) atoms. The Morgan fingerprint density at radius 2 is 1.71 bits per heavy atom. The highest BCUT2D eigenvalue weighted by Gasteiger charge is 2.13. The molecule has 160 valence electrons. The number of carbonyl (C=O) groups is 1. The van der Waals surface area contributed by atoms with Crippen LogP contribution in [-0.4, -0.2) is 26.3 Å². The van der Waals surface area contributed by atoms with Crippen molar-refractivity contribution in [3.8, 4) is 17.2 Å². The molecule has 3 aromatic carbocycles. The molecule has 0 aliphatic heterocycles. The summed E-state index contributed by atoms with van der Waals surface area (Å²) in [7, 11) is 3.08. The molecule has 0 radical (unpaired) electrons. The lowest BCUT2D eigenvalue weighted by Crippen LogP contribution is -2.18. The SMILES string of the molecule is COc1ccccc1C(=O)N/N=C\c1cc(Br)c(OCc2ccc(Br)cc2)c(OC)c1. The first kappa shape index (κ1) is 22.8. The second kappa shape index (κ2) is 11.0. The second-order valence-electron chi connectivity index (χ2n) is 6.35. The summed E-state index contributed by atoms with van der Waals surface area (Å²) < 4.78 is 18.3. The lowest BCUT2D eigenvalue weighted by Gasteiger charge is -2.13. The van der Waals surface area contributed by atoms with E-state index in [-0.39, 0.29) is 5.91 Å². The summed E-state index contributed by atoms with van der Waals surface area (Å²) >= 11 is 6.94. The lowest BCUT2D eigenvalue weighted by molar-refractivity contribution is 0.0952. The fourth-order valence-electron chi connectivity index (χ4n) is 2.75. The molecule has 0 spiro atoms. The Bertz CT molecular complexity index is 1090. The third-order valence-corrected chi connectivity index (χ3v) is 5.40. The van der Waals surface area contributed by atoms with Crippen LogP contribution >= 0.6 is 31.9 Å². The van der Waals surface area contributed by atoms with Gasteiger partial charge in [-0.2, -0.15) is 5.10 Å². The number of nitrogens with zero attached hydrogens (tertiary/aromatic N) is 1. The average molecular weight is 548 g/mol. The van der Waals surface area contributed by atoms with Crippen molar-refractivity contribution in [2.24, 2.45) is 5.10 Å². The second-order valence-corrected chi connectivity index (χ2v) is 8.12. The Morgan fingerprint density at radius 3 is 2.42 bits per heavy atom. The number of amides is 1. The van der Waals surface area contributed by atoms with E-state index in [4.69, 9.17) is 14.2 Å². The highest BCUT2D eigenvalue weighted by Crippen LogP contribution is 2.37. The minimum Gasteiger partial charge on any atom is -0.496 e. The van der Waals surface area contributed by atoms with Gasteiger partial charge in [0.25, 0.3) is 5.91 Å². The highest BCUT2D eigenvalue weighted by molar-refractivity contribution is 9.10. The highest BCUT2D eigenvalue weighted by atomic mass is 79.9. The van der Waals surface area contributed by atoms with Crippen LogP contribution in [0.5, 0.6) is 17.2 Å². The van der Waals surface area contributed by atoms with Gasteiger partial charge >= 0.3 is 0 Å². The van der Waals surface area contributed by atoms with E-state index in [1.54, 1.807) is 37.4 Å². The van der Waals surface area contributed by atoms with E-state index in [2.05, 4.69) is 42.4 Å². The zero-order valence-electron chi connectivity index (χ0n) is 16.9. The Morgan fingerprint density at radius 1 is 1.00 bits per heavy atom. The van der Waals surface area contributed by atoms with Crippen molar-refractivity contribution >= 4 is 44.0 Å². The molecule has 0 unspecified atom stereocenters. The van der Waals surface area contributed by atoms with Gasteiger partial charge in [0.15, 0.2) is 11.5 Å². The number of methoxy groups -OCH3 is 2. The van der Waals surface area contributed by atoms with Crippen molar-refractivity contribution < 1.29 is 19.0 Å². The van der Waals surface area contributed by atoms with Crippen molar-refractivity contribution in [3.63, 3.8) is 0 Å². The predicted molar refractivity (Wildman–Crippen MR) is 127 cm³/mol. The molecule has 0 saturated carbocycles. The standard InChI is InChI=1S/C23H20Br2N2O4/c1-29-20-6-4-3-5-18(20)23(28)27-26-13-16-11-19(25)22(21(12-16)30-2)31-14-15-7-9-17(24)10-8-15/h3-13H,14H2,1-2H3,(H,27,28)/b26-13-. The molecule has 0 fully saturated rings. The number of benzene rings is 3. The van der Waals surface area contributed by atoms with Crippen LogP contribution in [0.2, 0.25) is 0 Å². The molecule has 0 saturated heterocycles. The zero-order chi connectivity index (χ0) is 22.2. The van der Waals surface area contributed by atoms with Gasteiger partial charge in [-0.05, 0) is 63.5 Å². The Labute approximate surface area is 197 Å². The molecular formula is C23H20Br2N2O4. The molecule has 0 aliphatic carbocycles. The van der Waals surface area contributed by atoms with Crippen LogP contribution in [0.3, 0.4) is 0 Å². The molecule has 1 N–H and O–H groups in total. The summed E-state index contributed by atoms with van der Waals surface area (Å²) in [4.78, 5) is 12.3. The van der Waals surface area contributed by atoms with Crippen molar-refractivity contribution in [2.75, 3.05) is 14.2 Å². The van der Waals surface area contributed by atoms with E-state index in [0.29, 0.717) is 33.9 Å². The fraction of sp³-hybridized carbons (Fsp3) is 0.130. The summed E-state index contributed by atoms with van der Waals surface area (Å²) in [5.41, 5.74) is 4.66. The van der Waals surface area contributed by atoms with Crippen LogP contribution in [0.25, 0.3) is 0 Å². The van der Waals surface area contributed by atoms with Gasteiger partial charge in [0.2, 0.25) is 0 Å². The smallest absolute Gasteiger partial charge is 0.275 e. The van der Waals surface area contributed by atoms with Crippen LogP contribution in [0.15, 0.2) is 74.7 Å². The molecule has 8 heteroatoms. The summed E-state index contributed by atoms with van der Waals surface area (Å²) in [5, 5.41) is 4.04. The molecule has 0 atom stereocenters. The molecule has 0 aromatic heterocycles. The number of rotatable bonds is 8. The molecule has 1 amide bonds. The summed E-state index contributed by atoms with van der Waals surface area (Å²) in [6.45, 7) is 0.393. The molecular weight excluding hydrogens is 528 g/mol. The maximum Gasteiger partial charge on any atom is 0.275 e. The number of hydrogen-bond acceptors (Lipinski definition) is 5. The molecule has 3 rings (SSSR count). The monoisotopic (exact) mass is 546 g/mol. The van der Waals surface area contributed by atoms with Crippen LogP contribution in [0, 0.1) is 0 Å². The molecule has 0 heterocycles. The topological polar surface area (TPSA) is 69.2 Å². The molecule has 6 nitrogen and oxygen atoms in total. The number of ether oxygens (including phenoxy) is 3. The van der Waals surface area contributed by atoms with Gasteiger partial charge in [0, 0.05) is 4.47 Å². The van der Waals surface area contributed by atoms with Gasteiger partial charge in [-0.15, -0.1) is 0 Å². The van der Waals surface area contributed by atoms with Gasteiger partial charge in [0.05, 0.1) is 30.5 Å². The van der Waals surface area contributed by atoms with E-state index in [1.807, 2.05) is 30.3 Å². The third-order valence-electron chi connectivity index (χ3n) is 4.28. The quantitative estimate of drug-likeness (QED) is 0.295. The van der Waals surface area contributed by atoms with Crippen LogP contribution in [0.4, 0.5) is 0 Å². The number of hydrazone groups is 1. The zero-order valence-corrected chi connectivity index (χ0v) is 20.1. The van der Waals surface area contributed by atoms with Crippen molar-refractivity contribution in [2.45, 2.75) is 6.61 Å². The largest absolute Gasteiger partial charge is 0.496 e. The van der Waals surface area contributed by atoms with Crippen molar-refractivity contribution in [3.05, 3.63) is 86.3 Å². The number of hydrogen-bond donors (Lipinski definition) is 1. The van der Waals surface area contributed by atoms with Crippen LogP contribution in [-0.2, 0) is 6.61 Å². The average Bonchev–Trinajstić information content (AvgIpc) is 2.79. The molecule has 3 aromatic rings. The van der Waals surface area contributed by atoms with E-state index in [1.165, 1.54) is 13.3 Å². The normalized spacial score (nSPS) is 10.7. The van der Waals surface area contributed by atoms with Gasteiger partial charge in [0.1, 0.15) is 12.4 Å². The summed E-state index contributed by atoms with van der Waals surface area (Å²) in [6, 6.07) is 18.4. The number of para-hydroxylation sites is 1. The first-order chi connectivity index (χ1) is 15.0. The van der Waals surface area contributed by atoms with E-state index in [0.717, 1.165) is 15.6 Å². The van der Waals surface area contributed by atoms with Crippen LogP contribution in [0.1, 0.15) is 21.5 Å². The summed E-state index contributed by atoms with van der Waals surface area (Å²) in [5.74, 6) is 1.24. The minimum absolute atomic E-state index is 0.366. The lowest BCUT2D eigenvalue weighted by atomic mass is 10.2. The van der Waals surface area contributed by atoms with E-state index >= 15 is 0 Å². The Hall–Kier alpha value is -2.84. The first-order valence-corrected chi connectivity index (χ1v) is 10.8. The third kappa shape index (κ3) is 6.08. The van der Waals surface area contributed by atoms with Gasteiger partial charge in [-0.3, -0.25) is 4.79 Å². The molecule has 0 bridgehead atoms. The van der Waals surface area contributed by atoms with Gasteiger partial charge in [-0.1, -0.05) is 40.2 Å². The van der Waals surface area contributed by atoms with E-state index < -0.39 is 0 Å². The maximum absolute atomic E-state index is 12.3. The minimum atomic E-state index is -0.366. The van der Waals surface area contributed by atoms with Crippen molar-refractivity contribution in [1.82, 2.24) is 5.43 Å². The predicted octanol–water partition coefficient (Wildman–Crippen LogP) is 5.57. The fourth-order valence-corrected chi connectivity index (χ4v) is 3.59. The number of nitrogens with one attached hydrogen (secondary N) is 1. The number of halogens is 2. The Kier molecular flexibility index (Phi) is 8.08. The van der Waals surface area contributed by atoms with E-state index in [9.17, 15) is 4.79 Å². The van der Waals surface area contributed by atoms with Gasteiger partial charge in [-0.25, -0.2) is 5.43 Å². The van der Waals surface area contributed by atoms with Crippen LogP contribution < -0.4 is 19.6 Å². The maximum atomic E-state index is 12.3. The number of carbonyl (C=O) groups excluding carboxylic acids is 1.